The summed E-state index contributed by atoms with van der Waals surface area (Å²) in [4.78, 5) is 17.7. The number of methoxy groups -OCH3 is 1. The van der Waals surface area contributed by atoms with Crippen molar-refractivity contribution in [2.75, 3.05) is 26.5 Å². The molecule has 0 aliphatic heterocycles. The lowest BCUT2D eigenvalue weighted by atomic mass is 10.0. The van der Waals surface area contributed by atoms with Crippen molar-refractivity contribution in [3.05, 3.63) is 65.6 Å². The molecule has 0 fully saturated rings. The molecule has 0 saturated heterocycles. The molecule has 0 saturated carbocycles. The lowest BCUT2D eigenvalue weighted by Gasteiger charge is -2.15. The molecule has 176 valence electrons. The van der Waals surface area contributed by atoms with Crippen molar-refractivity contribution in [2.24, 2.45) is 0 Å². The molecular formula is C23H21FN4O5S. The first-order valence-electron chi connectivity index (χ1n) is 10.1. The molecule has 0 bridgehead atoms. The zero-order valence-electron chi connectivity index (χ0n) is 18.8. The number of nitrogens with one attached hydrogen (secondary N) is 1. The maximum Gasteiger partial charge on any atom is 0.259 e. The number of fused-ring (bicyclic) bond motifs is 1. The molecular weight excluding hydrogens is 463 g/mol. The van der Waals surface area contributed by atoms with Crippen LogP contribution in [-0.2, 0) is 10.0 Å². The van der Waals surface area contributed by atoms with E-state index < -0.39 is 21.7 Å². The number of aryl methyl sites for hydroxylation is 1. The molecule has 34 heavy (non-hydrogen) atoms. The van der Waals surface area contributed by atoms with Crippen LogP contribution >= 0.6 is 0 Å². The average molecular weight is 485 g/mol. The Bertz CT molecular complexity index is 1520. The normalized spacial score (nSPS) is 11.7. The third-order valence-corrected chi connectivity index (χ3v) is 7.02. The van der Waals surface area contributed by atoms with Crippen molar-refractivity contribution in [1.29, 1.82) is 0 Å². The third kappa shape index (κ3) is 4.11. The van der Waals surface area contributed by atoms with E-state index in [-0.39, 0.29) is 38.9 Å². The summed E-state index contributed by atoms with van der Waals surface area (Å²) in [6, 6.07) is 11.6. The standard InChI is InChI=1S/C23H21FN4O5S/c1-13-21-16(12-18(26-23(21)33-27-13)15-7-5-6-8-17(15)24)22(29)25-19-11-14(9-10-20(19)32-4)34(30,31)28(2)3/h5-12H,1-4H3,(H,25,29). The monoisotopic (exact) mass is 484 g/mol. The highest BCUT2D eigenvalue weighted by Crippen LogP contribution is 2.32. The van der Waals surface area contributed by atoms with Crippen LogP contribution in [0.4, 0.5) is 10.1 Å². The molecule has 0 unspecified atom stereocenters. The molecule has 11 heteroatoms. The Balaban J connectivity index is 1.83. The van der Waals surface area contributed by atoms with Gasteiger partial charge in [-0.1, -0.05) is 17.3 Å². The van der Waals surface area contributed by atoms with E-state index in [0.29, 0.717) is 11.1 Å². The Kier molecular flexibility index (Phi) is 6.07. The summed E-state index contributed by atoms with van der Waals surface area (Å²) in [6.45, 7) is 1.65. The number of hydrogen-bond acceptors (Lipinski definition) is 7. The highest BCUT2D eigenvalue weighted by molar-refractivity contribution is 7.89. The molecule has 1 N–H and O–H groups in total. The molecule has 4 aromatic rings. The summed E-state index contributed by atoms with van der Waals surface area (Å²) in [5, 5.41) is 6.93. The molecule has 0 spiro atoms. The number of anilines is 1. The van der Waals surface area contributed by atoms with Gasteiger partial charge in [0.1, 0.15) is 11.6 Å². The molecule has 0 radical (unpaired) electrons. The Hall–Kier alpha value is -3.83. The first-order chi connectivity index (χ1) is 16.1. The van der Waals surface area contributed by atoms with E-state index in [9.17, 15) is 17.6 Å². The minimum absolute atomic E-state index is 0.0262. The predicted molar refractivity (Wildman–Crippen MR) is 124 cm³/mol. The van der Waals surface area contributed by atoms with Crippen molar-refractivity contribution in [3.8, 4) is 17.0 Å². The van der Waals surface area contributed by atoms with E-state index in [1.807, 2.05) is 0 Å². The van der Waals surface area contributed by atoms with E-state index in [4.69, 9.17) is 9.26 Å². The largest absolute Gasteiger partial charge is 0.495 e. The Morgan fingerprint density at radius 3 is 2.56 bits per heavy atom. The second kappa shape index (κ2) is 8.84. The van der Waals surface area contributed by atoms with Crippen molar-refractivity contribution in [3.63, 3.8) is 0 Å². The van der Waals surface area contributed by atoms with Crippen LogP contribution in [0.15, 0.2) is 57.9 Å². The van der Waals surface area contributed by atoms with Crippen LogP contribution in [0.5, 0.6) is 5.75 Å². The first kappa shape index (κ1) is 23.3. The van der Waals surface area contributed by atoms with Crippen LogP contribution in [0.25, 0.3) is 22.4 Å². The van der Waals surface area contributed by atoms with Crippen molar-refractivity contribution < 1.29 is 26.9 Å². The second-order valence-electron chi connectivity index (χ2n) is 7.59. The van der Waals surface area contributed by atoms with Crippen molar-refractivity contribution >= 4 is 32.7 Å². The fraction of sp³-hybridized carbons (Fsp3) is 0.174. The number of pyridine rings is 1. The summed E-state index contributed by atoms with van der Waals surface area (Å²) in [6.07, 6.45) is 0. The zero-order chi connectivity index (χ0) is 24.6. The fourth-order valence-corrected chi connectivity index (χ4v) is 4.35. The first-order valence-corrected chi connectivity index (χ1v) is 11.5. The molecule has 2 heterocycles. The molecule has 0 atom stereocenters. The summed E-state index contributed by atoms with van der Waals surface area (Å²) < 4.78 is 51.2. The number of nitrogens with zero attached hydrogens (tertiary/aromatic N) is 3. The minimum Gasteiger partial charge on any atom is -0.495 e. The number of sulfonamides is 1. The van der Waals surface area contributed by atoms with Crippen molar-refractivity contribution in [1.82, 2.24) is 14.4 Å². The summed E-state index contributed by atoms with van der Waals surface area (Å²) >= 11 is 0. The van der Waals surface area contributed by atoms with Crippen LogP contribution in [-0.4, -0.2) is 50.0 Å². The number of halogens is 1. The highest BCUT2D eigenvalue weighted by atomic mass is 32.2. The molecule has 2 aromatic carbocycles. The van der Waals surface area contributed by atoms with Crippen molar-refractivity contribution in [2.45, 2.75) is 11.8 Å². The summed E-state index contributed by atoms with van der Waals surface area (Å²) in [5.41, 5.74) is 1.13. The average Bonchev–Trinajstić information content (AvgIpc) is 3.19. The molecule has 2 aromatic heterocycles. The van der Waals surface area contributed by atoms with Gasteiger partial charge < -0.3 is 14.6 Å². The molecule has 4 rings (SSSR count). The van der Waals surface area contributed by atoms with Gasteiger partial charge in [-0.3, -0.25) is 4.79 Å². The molecule has 0 aliphatic carbocycles. The van der Waals surface area contributed by atoms with Crippen LogP contribution in [0.1, 0.15) is 16.1 Å². The summed E-state index contributed by atoms with van der Waals surface area (Å²) in [7, 11) is 0.458. The number of carbonyl (C=O) groups excluding carboxylic acids is 1. The number of hydrogen-bond donors (Lipinski definition) is 1. The Morgan fingerprint density at radius 2 is 1.88 bits per heavy atom. The number of benzene rings is 2. The molecule has 1 amide bonds. The SMILES string of the molecule is COc1ccc(S(=O)(=O)N(C)C)cc1NC(=O)c1cc(-c2ccccc2F)nc2onc(C)c12. The van der Waals surface area contributed by atoms with Gasteiger partial charge >= 0.3 is 0 Å². The van der Waals surface area contributed by atoms with Crippen LogP contribution in [0.2, 0.25) is 0 Å². The number of ether oxygens (including phenoxy) is 1. The summed E-state index contributed by atoms with van der Waals surface area (Å²) in [5.74, 6) is -0.859. The maximum absolute atomic E-state index is 14.4. The van der Waals surface area contributed by atoms with Crippen LogP contribution in [0.3, 0.4) is 0 Å². The van der Waals surface area contributed by atoms with Gasteiger partial charge in [-0.05, 0) is 43.3 Å². The van der Waals surface area contributed by atoms with E-state index in [1.165, 1.54) is 57.6 Å². The second-order valence-corrected chi connectivity index (χ2v) is 9.74. The number of carbonyl (C=O) groups is 1. The van der Waals surface area contributed by atoms with E-state index in [1.54, 1.807) is 19.1 Å². The van der Waals surface area contributed by atoms with E-state index >= 15 is 0 Å². The van der Waals surface area contributed by atoms with Crippen LogP contribution in [0, 0.1) is 12.7 Å². The minimum atomic E-state index is -3.75. The molecule has 0 aliphatic rings. The molecule has 9 nitrogen and oxygen atoms in total. The topological polar surface area (TPSA) is 115 Å². The van der Waals surface area contributed by atoms with Crippen LogP contribution < -0.4 is 10.1 Å². The van der Waals surface area contributed by atoms with Gasteiger partial charge in [0.15, 0.2) is 0 Å². The Labute approximate surface area is 195 Å². The number of rotatable bonds is 6. The van der Waals surface area contributed by atoms with Gasteiger partial charge in [-0.15, -0.1) is 0 Å². The zero-order valence-corrected chi connectivity index (χ0v) is 19.6. The van der Waals surface area contributed by atoms with Gasteiger partial charge in [0.25, 0.3) is 11.6 Å². The van der Waals surface area contributed by atoms with E-state index in [0.717, 1.165) is 4.31 Å². The number of aromatic nitrogens is 2. The van der Waals surface area contributed by atoms with E-state index in [2.05, 4.69) is 15.5 Å². The smallest absolute Gasteiger partial charge is 0.259 e. The number of amides is 1. The highest BCUT2D eigenvalue weighted by Gasteiger charge is 2.23. The quantitative estimate of drug-likeness (QED) is 0.442. The van der Waals surface area contributed by atoms with Gasteiger partial charge in [-0.25, -0.2) is 22.1 Å². The van der Waals surface area contributed by atoms with Gasteiger partial charge in [-0.2, -0.15) is 0 Å². The van der Waals surface area contributed by atoms with Gasteiger partial charge in [0.2, 0.25) is 10.0 Å². The lowest BCUT2D eigenvalue weighted by Crippen LogP contribution is -2.22. The Morgan fingerprint density at radius 1 is 1.15 bits per heavy atom. The van der Waals surface area contributed by atoms with Gasteiger partial charge in [0.05, 0.1) is 40.0 Å². The predicted octanol–water partition coefficient (Wildman–Crippen LogP) is 3.85. The lowest BCUT2D eigenvalue weighted by molar-refractivity contribution is 0.102. The fourth-order valence-electron chi connectivity index (χ4n) is 3.43. The third-order valence-electron chi connectivity index (χ3n) is 5.21. The van der Waals surface area contributed by atoms with Gasteiger partial charge in [0, 0.05) is 19.7 Å². The maximum atomic E-state index is 14.4.